The summed E-state index contributed by atoms with van der Waals surface area (Å²) in [6.45, 7) is 0. The van der Waals surface area contributed by atoms with Gasteiger partial charge in [-0.15, -0.1) is 0 Å². The number of thiocarbonyl (C=S) groups is 1. The van der Waals surface area contributed by atoms with Gasteiger partial charge in [0.2, 0.25) is 0 Å². The van der Waals surface area contributed by atoms with Gasteiger partial charge in [-0.05, 0) is 55.4 Å². The molecule has 0 heterocycles. The average molecular weight is 282 g/mol. The van der Waals surface area contributed by atoms with E-state index in [1.165, 1.54) is 31.7 Å². The third-order valence-corrected chi connectivity index (χ3v) is 4.45. The van der Waals surface area contributed by atoms with E-state index in [-0.39, 0.29) is 0 Å². The highest BCUT2D eigenvalue weighted by molar-refractivity contribution is 7.80. The first-order valence-electron chi connectivity index (χ1n) is 6.64. The van der Waals surface area contributed by atoms with Gasteiger partial charge < -0.3 is 10.6 Å². The Kier molecular flexibility index (Phi) is 3.39. The highest BCUT2D eigenvalue weighted by Crippen LogP contribution is 2.44. The largest absolute Gasteiger partial charge is 0.359 e. The van der Waals surface area contributed by atoms with Crippen molar-refractivity contribution < 1.29 is 8.78 Å². The topological polar surface area (TPSA) is 24.1 Å². The van der Waals surface area contributed by atoms with E-state index >= 15 is 0 Å². The van der Waals surface area contributed by atoms with Crippen molar-refractivity contribution in [3.05, 3.63) is 29.8 Å². The van der Waals surface area contributed by atoms with Gasteiger partial charge in [-0.2, -0.15) is 0 Å². The van der Waals surface area contributed by atoms with E-state index in [0.717, 1.165) is 24.0 Å². The molecule has 2 fully saturated rings. The SMILES string of the molecule is Fc1ccc(NC(=S)N[C@H]2C[C@H]3CC[C@H]2C3)cc1F. The fourth-order valence-corrected chi connectivity index (χ4v) is 3.60. The van der Waals surface area contributed by atoms with Crippen molar-refractivity contribution in [2.75, 3.05) is 5.32 Å². The van der Waals surface area contributed by atoms with Crippen LogP contribution in [0, 0.1) is 23.5 Å². The lowest BCUT2D eigenvalue weighted by molar-refractivity contribution is 0.392. The van der Waals surface area contributed by atoms with Gasteiger partial charge >= 0.3 is 0 Å². The van der Waals surface area contributed by atoms with Crippen molar-refractivity contribution in [2.45, 2.75) is 31.7 Å². The summed E-state index contributed by atoms with van der Waals surface area (Å²) in [5, 5.41) is 6.70. The van der Waals surface area contributed by atoms with E-state index in [1.54, 1.807) is 0 Å². The molecule has 2 N–H and O–H groups in total. The first-order chi connectivity index (χ1) is 9.11. The van der Waals surface area contributed by atoms with Crippen molar-refractivity contribution in [1.82, 2.24) is 5.32 Å². The first-order valence-corrected chi connectivity index (χ1v) is 7.05. The van der Waals surface area contributed by atoms with Crippen LogP contribution < -0.4 is 10.6 Å². The lowest BCUT2D eigenvalue weighted by Gasteiger charge is -2.24. The molecular formula is C14H16F2N2S. The highest BCUT2D eigenvalue weighted by Gasteiger charge is 2.39. The van der Waals surface area contributed by atoms with Crippen LogP contribution in [0.3, 0.4) is 0 Å². The van der Waals surface area contributed by atoms with E-state index < -0.39 is 11.6 Å². The Bertz CT molecular complexity index is 506. The quantitative estimate of drug-likeness (QED) is 0.813. The minimum Gasteiger partial charge on any atom is -0.359 e. The molecule has 5 heteroatoms. The number of hydrogen-bond acceptors (Lipinski definition) is 1. The minimum atomic E-state index is -0.868. The van der Waals surface area contributed by atoms with Gasteiger partial charge in [-0.1, -0.05) is 6.42 Å². The zero-order valence-corrected chi connectivity index (χ0v) is 11.3. The van der Waals surface area contributed by atoms with Crippen molar-refractivity contribution in [2.24, 2.45) is 11.8 Å². The van der Waals surface area contributed by atoms with Crippen molar-refractivity contribution in [1.29, 1.82) is 0 Å². The second kappa shape index (κ2) is 5.04. The van der Waals surface area contributed by atoms with Crippen LogP contribution in [0.5, 0.6) is 0 Å². The Hall–Kier alpha value is -1.23. The Morgan fingerprint density at radius 1 is 1.16 bits per heavy atom. The van der Waals surface area contributed by atoms with E-state index in [4.69, 9.17) is 12.2 Å². The smallest absolute Gasteiger partial charge is 0.171 e. The molecule has 2 saturated carbocycles. The van der Waals surface area contributed by atoms with Crippen LogP contribution in [-0.2, 0) is 0 Å². The maximum Gasteiger partial charge on any atom is 0.171 e. The molecule has 19 heavy (non-hydrogen) atoms. The molecule has 0 unspecified atom stereocenters. The molecule has 2 aliphatic rings. The molecule has 0 aliphatic heterocycles. The van der Waals surface area contributed by atoms with Gasteiger partial charge in [0, 0.05) is 17.8 Å². The van der Waals surface area contributed by atoms with Gasteiger partial charge in [0.15, 0.2) is 16.7 Å². The Labute approximate surface area is 116 Å². The van der Waals surface area contributed by atoms with Crippen LogP contribution in [0.15, 0.2) is 18.2 Å². The third-order valence-electron chi connectivity index (χ3n) is 4.23. The van der Waals surface area contributed by atoms with Crippen molar-refractivity contribution in [3.8, 4) is 0 Å². The first kappa shape index (κ1) is 12.8. The normalized spacial score (nSPS) is 28.4. The summed E-state index contributed by atoms with van der Waals surface area (Å²) in [4.78, 5) is 0. The van der Waals surface area contributed by atoms with Gasteiger partial charge in [0.25, 0.3) is 0 Å². The Balaban J connectivity index is 1.57. The molecular weight excluding hydrogens is 266 g/mol. The lowest BCUT2D eigenvalue weighted by atomic mass is 9.96. The van der Waals surface area contributed by atoms with E-state index in [9.17, 15) is 8.78 Å². The average Bonchev–Trinajstić information content (AvgIpc) is 2.96. The molecule has 1 aromatic rings. The number of rotatable bonds is 2. The summed E-state index contributed by atoms with van der Waals surface area (Å²) in [7, 11) is 0. The molecule has 0 radical (unpaired) electrons. The molecule has 0 amide bonds. The number of nitrogens with one attached hydrogen (secondary N) is 2. The zero-order chi connectivity index (χ0) is 13.4. The monoisotopic (exact) mass is 282 g/mol. The predicted molar refractivity (Wildman–Crippen MR) is 75.0 cm³/mol. The molecule has 3 rings (SSSR count). The molecule has 2 bridgehead atoms. The number of benzene rings is 1. The van der Waals surface area contributed by atoms with E-state index in [2.05, 4.69) is 10.6 Å². The summed E-state index contributed by atoms with van der Waals surface area (Å²) >= 11 is 5.23. The highest BCUT2D eigenvalue weighted by atomic mass is 32.1. The summed E-state index contributed by atoms with van der Waals surface area (Å²) in [5.41, 5.74) is 0.472. The van der Waals surface area contributed by atoms with E-state index in [0.29, 0.717) is 16.8 Å². The second-order valence-corrected chi connectivity index (χ2v) is 5.92. The predicted octanol–water partition coefficient (Wildman–Crippen LogP) is 3.44. The van der Waals surface area contributed by atoms with Crippen LogP contribution in [0.4, 0.5) is 14.5 Å². The summed E-state index contributed by atoms with van der Waals surface area (Å²) in [6, 6.07) is 4.12. The number of hydrogen-bond donors (Lipinski definition) is 2. The van der Waals surface area contributed by atoms with Crippen molar-refractivity contribution >= 4 is 23.0 Å². The second-order valence-electron chi connectivity index (χ2n) is 5.51. The van der Waals surface area contributed by atoms with Gasteiger partial charge in [-0.3, -0.25) is 0 Å². The fourth-order valence-electron chi connectivity index (χ4n) is 3.33. The molecule has 3 atom stereocenters. The van der Waals surface area contributed by atoms with Gasteiger partial charge in [-0.25, -0.2) is 8.78 Å². The lowest BCUT2D eigenvalue weighted by Crippen LogP contribution is -2.40. The van der Waals surface area contributed by atoms with Crippen LogP contribution >= 0.6 is 12.2 Å². The molecule has 2 aliphatic carbocycles. The summed E-state index contributed by atoms with van der Waals surface area (Å²) < 4.78 is 25.9. The fraction of sp³-hybridized carbons (Fsp3) is 0.500. The van der Waals surface area contributed by atoms with Gasteiger partial charge in [0.05, 0.1) is 0 Å². The summed E-state index contributed by atoms with van der Waals surface area (Å²) in [6.07, 6.45) is 5.08. The maximum absolute atomic E-state index is 13.1. The molecule has 0 saturated heterocycles. The van der Waals surface area contributed by atoms with Crippen molar-refractivity contribution in [3.63, 3.8) is 0 Å². The van der Waals surface area contributed by atoms with Crippen LogP contribution in [-0.4, -0.2) is 11.2 Å². The molecule has 0 spiro atoms. The molecule has 1 aromatic carbocycles. The van der Waals surface area contributed by atoms with Crippen LogP contribution in [0.2, 0.25) is 0 Å². The number of anilines is 1. The van der Waals surface area contributed by atoms with Gasteiger partial charge in [0.1, 0.15) is 0 Å². The molecule has 0 aromatic heterocycles. The Morgan fingerprint density at radius 3 is 2.63 bits per heavy atom. The summed E-state index contributed by atoms with van der Waals surface area (Å²) in [5.74, 6) is -0.159. The minimum absolute atomic E-state index is 0.434. The third kappa shape index (κ3) is 2.71. The Morgan fingerprint density at radius 2 is 2.00 bits per heavy atom. The molecule has 2 nitrogen and oxygen atoms in total. The van der Waals surface area contributed by atoms with Crippen LogP contribution in [0.1, 0.15) is 25.7 Å². The number of halogens is 2. The number of fused-ring (bicyclic) bond motifs is 2. The van der Waals surface area contributed by atoms with E-state index in [1.807, 2.05) is 0 Å². The standard InChI is InChI=1S/C14H16F2N2S/c15-11-4-3-10(7-12(11)16)17-14(19)18-13-6-8-1-2-9(13)5-8/h3-4,7-9,13H,1-2,5-6H2,(H2,17,18,19)/t8-,9-,13-/m0/s1. The molecule has 102 valence electrons. The zero-order valence-electron chi connectivity index (χ0n) is 10.5. The maximum atomic E-state index is 13.1. The van der Waals surface area contributed by atoms with Crippen LogP contribution in [0.25, 0.3) is 0 Å².